The third-order valence-corrected chi connectivity index (χ3v) is 4.78. The van der Waals surface area contributed by atoms with E-state index in [1.54, 1.807) is 11.3 Å². The van der Waals surface area contributed by atoms with Gasteiger partial charge in [-0.3, -0.25) is 4.79 Å². The van der Waals surface area contributed by atoms with Crippen LogP contribution < -0.4 is 16.4 Å². The summed E-state index contributed by atoms with van der Waals surface area (Å²) >= 11 is 1.75. The number of nitrogens with two attached hydrogens (primary N) is 1. The van der Waals surface area contributed by atoms with E-state index < -0.39 is 0 Å². The maximum atomic E-state index is 11.4. The smallest absolute Gasteiger partial charge is 0.224 e. The summed E-state index contributed by atoms with van der Waals surface area (Å²) in [5.41, 5.74) is 9.75. The Bertz CT molecular complexity index is 652. The molecule has 0 radical (unpaired) electrons. The van der Waals surface area contributed by atoms with E-state index in [-0.39, 0.29) is 11.9 Å². The molecule has 2 aromatic rings. The van der Waals surface area contributed by atoms with E-state index in [0.717, 1.165) is 29.8 Å². The van der Waals surface area contributed by atoms with Crippen molar-refractivity contribution in [2.45, 2.75) is 32.2 Å². The van der Waals surface area contributed by atoms with E-state index in [1.165, 1.54) is 4.88 Å². The van der Waals surface area contributed by atoms with Gasteiger partial charge in [-0.2, -0.15) is 0 Å². The highest BCUT2D eigenvalue weighted by molar-refractivity contribution is 7.10. The molecule has 1 atom stereocenters. The van der Waals surface area contributed by atoms with Crippen molar-refractivity contribution in [2.75, 3.05) is 16.4 Å². The largest absolute Gasteiger partial charge is 0.397 e. The van der Waals surface area contributed by atoms with Crippen molar-refractivity contribution in [2.24, 2.45) is 0 Å². The van der Waals surface area contributed by atoms with Crippen LogP contribution in [0.2, 0.25) is 0 Å². The van der Waals surface area contributed by atoms with Crippen LogP contribution in [-0.4, -0.2) is 5.91 Å². The molecule has 0 spiro atoms. The average Bonchev–Trinajstić information content (AvgIpc) is 2.99. The summed E-state index contributed by atoms with van der Waals surface area (Å²) in [6.45, 7) is 2.16. The van der Waals surface area contributed by atoms with Crippen LogP contribution in [0, 0.1) is 0 Å². The molecule has 4 nitrogen and oxygen atoms in total. The van der Waals surface area contributed by atoms with Gasteiger partial charge in [0, 0.05) is 17.0 Å². The molecule has 4 N–H and O–H groups in total. The van der Waals surface area contributed by atoms with Crippen LogP contribution in [0.25, 0.3) is 0 Å². The zero-order valence-electron chi connectivity index (χ0n) is 12.0. The molecule has 1 aromatic heterocycles. The first-order valence-corrected chi connectivity index (χ1v) is 8.07. The highest BCUT2D eigenvalue weighted by Gasteiger charge is 2.18. The van der Waals surface area contributed by atoms with E-state index in [1.807, 2.05) is 6.07 Å². The van der Waals surface area contributed by atoms with Gasteiger partial charge in [-0.05, 0) is 42.0 Å². The summed E-state index contributed by atoms with van der Waals surface area (Å²) in [5, 5.41) is 8.50. The molecule has 0 saturated carbocycles. The number of benzene rings is 1. The Balaban J connectivity index is 1.87. The van der Waals surface area contributed by atoms with Crippen molar-refractivity contribution in [3.63, 3.8) is 0 Å². The lowest BCUT2D eigenvalue weighted by Gasteiger charge is -2.22. The number of thiophene rings is 1. The second-order valence-corrected chi connectivity index (χ2v) is 6.24. The molecule has 1 aliphatic heterocycles. The average molecular weight is 301 g/mol. The molecule has 110 valence electrons. The van der Waals surface area contributed by atoms with E-state index in [4.69, 9.17) is 5.73 Å². The molecule has 1 amide bonds. The van der Waals surface area contributed by atoms with Crippen molar-refractivity contribution in [3.8, 4) is 0 Å². The van der Waals surface area contributed by atoms with Gasteiger partial charge in [-0.1, -0.05) is 13.0 Å². The van der Waals surface area contributed by atoms with E-state index >= 15 is 0 Å². The molecular weight excluding hydrogens is 282 g/mol. The molecular formula is C16H19N3OS. The predicted molar refractivity (Wildman–Crippen MR) is 88.8 cm³/mol. The molecule has 21 heavy (non-hydrogen) atoms. The number of nitrogens with one attached hydrogen (secondary N) is 2. The number of hydrogen-bond acceptors (Lipinski definition) is 4. The maximum Gasteiger partial charge on any atom is 0.224 e. The second-order valence-electron chi connectivity index (χ2n) is 5.27. The fourth-order valence-electron chi connectivity index (χ4n) is 2.62. The molecule has 5 heteroatoms. The third kappa shape index (κ3) is 2.88. The number of carbonyl (C=O) groups is 1. The minimum atomic E-state index is 0.0626. The van der Waals surface area contributed by atoms with Gasteiger partial charge < -0.3 is 16.4 Å². The van der Waals surface area contributed by atoms with Gasteiger partial charge in [-0.25, -0.2) is 0 Å². The van der Waals surface area contributed by atoms with Gasteiger partial charge in [0.25, 0.3) is 0 Å². The minimum absolute atomic E-state index is 0.0626. The summed E-state index contributed by atoms with van der Waals surface area (Å²) in [5.74, 6) is 0.0626. The van der Waals surface area contributed by atoms with Crippen LogP contribution in [0.1, 0.15) is 36.2 Å². The first-order valence-electron chi connectivity index (χ1n) is 7.19. The number of fused-ring (bicyclic) bond motifs is 1. The number of hydrogen-bond donors (Lipinski definition) is 3. The van der Waals surface area contributed by atoms with Crippen molar-refractivity contribution in [3.05, 3.63) is 40.1 Å². The van der Waals surface area contributed by atoms with E-state index in [2.05, 4.69) is 41.1 Å². The van der Waals surface area contributed by atoms with Gasteiger partial charge in [-0.15, -0.1) is 11.3 Å². The number of rotatable bonds is 4. The summed E-state index contributed by atoms with van der Waals surface area (Å²) in [6, 6.07) is 8.40. The number of aryl methyl sites for hydroxylation is 1. The summed E-state index contributed by atoms with van der Waals surface area (Å²) in [4.78, 5) is 12.7. The Morgan fingerprint density at radius 1 is 1.43 bits per heavy atom. The SMILES string of the molecule is CCC(Nc1cc2c(cc1N)NC(=O)CC2)c1cccs1. The quantitative estimate of drug-likeness (QED) is 0.753. The molecule has 0 saturated heterocycles. The van der Waals surface area contributed by atoms with Gasteiger partial charge in [0.15, 0.2) is 0 Å². The Morgan fingerprint density at radius 3 is 3.00 bits per heavy atom. The fraction of sp³-hybridized carbons (Fsp3) is 0.312. The van der Waals surface area contributed by atoms with Crippen LogP contribution in [0.15, 0.2) is 29.6 Å². The van der Waals surface area contributed by atoms with Gasteiger partial charge >= 0.3 is 0 Å². The first-order chi connectivity index (χ1) is 10.2. The number of anilines is 3. The lowest BCUT2D eigenvalue weighted by molar-refractivity contribution is -0.116. The lowest BCUT2D eigenvalue weighted by atomic mass is 10.0. The second kappa shape index (κ2) is 5.77. The van der Waals surface area contributed by atoms with Gasteiger partial charge in [0.2, 0.25) is 5.91 Å². The zero-order valence-corrected chi connectivity index (χ0v) is 12.8. The highest BCUT2D eigenvalue weighted by atomic mass is 32.1. The summed E-state index contributed by atoms with van der Waals surface area (Å²) in [7, 11) is 0. The van der Waals surface area contributed by atoms with Crippen molar-refractivity contribution < 1.29 is 4.79 Å². The van der Waals surface area contributed by atoms with Crippen LogP contribution in [-0.2, 0) is 11.2 Å². The number of nitrogen functional groups attached to an aromatic ring is 1. The molecule has 3 rings (SSSR count). The minimum Gasteiger partial charge on any atom is -0.397 e. The Hall–Kier alpha value is -2.01. The van der Waals surface area contributed by atoms with Crippen molar-refractivity contribution >= 4 is 34.3 Å². The van der Waals surface area contributed by atoms with Crippen LogP contribution >= 0.6 is 11.3 Å². The fourth-order valence-corrected chi connectivity index (χ4v) is 3.48. The summed E-state index contributed by atoms with van der Waals surface area (Å²) in [6.07, 6.45) is 2.30. The monoisotopic (exact) mass is 301 g/mol. The molecule has 2 heterocycles. The molecule has 1 aliphatic rings. The van der Waals surface area contributed by atoms with Crippen LogP contribution in [0.5, 0.6) is 0 Å². The van der Waals surface area contributed by atoms with E-state index in [0.29, 0.717) is 12.1 Å². The standard InChI is InChI=1S/C16H19N3OS/c1-2-12(15-4-3-7-21-15)18-14-8-10-5-6-16(20)19-13(10)9-11(14)17/h3-4,7-9,12,18H,2,5-6,17H2,1H3,(H,19,20). The summed E-state index contributed by atoms with van der Waals surface area (Å²) < 4.78 is 0. The van der Waals surface area contributed by atoms with Crippen molar-refractivity contribution in [1.82, 2.24) is 0 Å². The Kier molecular flexibility index (Phi) is 3.84. The highest BCUT2D eigenvalue weighted by Crippen LogP contribution is 2.34. The van der Waals surface area contributed by atoms with Gasteiger partial charge in [0.1, 0.15) is 0 Å². The van der Waals surface area contributed by atoms with Crippen LogP contribution in [0.4, 0.5) is 17.1 Å². The molecule has 0 aliphatic carbocycles. The first kappa shape index (κ1) is 13.9. The number of carbonyl (C=O) groups excluding carboxylic acids is 1. The molecule has 0 bridgehead atoms. The maximum absolute atomic E-state index is 11.4. The van der Waals surface area contributed by atoms with Gasteiger partial charge in [0.05, 0.1) is 17.4 Å². The normalized spacial score (nSPS) is 15.2. The molecule has 0 fully saturated rings. The Labute approximate surface area is 128 Å². The predicted octanol–water partition coefficient (Wildman–Crippen LogP) is 3.78. The molecule has 1 aromatic carbocycles. The van der Waals surface area contributed by atoms with E-state index in [9.17, 15) is 4.79 Å². The zero-order chi connectivity index (χ0) is 14.8. The topological polar surface area (TPSA) is 67.2 Å². The third-order valence-electron chi connectivity index (χ3n) is 3.80. The lowest BCUT2D eigenvalue weighted by Crippen LogP contribution is -2.20. The Morgan fingerprint density at radius 2 is 2.29 bits per heavy atom. The van der Waals surface area contributed by atoms with Crippen LogP contribution in [0.3, 0.4) is 0 Å². The number of amides is 1. The molecule has 1 unspecified atom stereocenters. The van der Waals surface area contributed by atoms with Crippen molar-refractivity contribution in [1.29, 1.82) is 0 Å².